The van der Waals surface area contributed by atoms with Gasteiger partial charge in [-0.3, -0.25) is 4.79 Å². The fraction of sp³-hybridized carbons (Fsp3) is 0.556. The molecule has 1 aromatic carbocycles. The van der Waals surface area contributed by atoms with Crippen LogP contribution in [0.15, 0.2) is 22.6 Å². The first-order valence-corrected chi connectivity index (χ1v) is 8.78. The van der Waals surface area contributed by atoms with Gasteiger partial charge in [-0.05, 0) is 50.2 Å². The minimum Gasteiger partial charge on any atom is -0.423 e. The Morgan fingerprint density at radius 1 is 1.29 bits per heavy atom. The molecule has 4 rings (SSSR count). The minimum absolute atomic E-state index is 0.190. The van der Waals surface area contributed by atoms with Gasteiger partial charge in [0.1, 0.15) is 11.3 Å². The van der Waals surface area contributed by atoms with E-state index < -0.39 is 0 Å². The molecule has 2 fully saturated rings. The number of halogens is 1. The van der Waals surface area contributed by atoms with Crippen LogP contribution in [-0.2, 0) is 4.79 Å². The largest absolute Gasteiger partial charge is 0.423 e. The van der Waals surface area contributed by atoms with E-state index in [-0.39, 0.29) is 11.7 Å². The number of hydrogen-bond acceptors (Lipinski definition) is 4. The Bertz CT molecular complexity index is 733. The highest BCUT2D eigenvalue weighted by Crippen LogP contribution is 2.28. The normalized spacial score (nSPS) is 19.5. The van der Waals surface area contributed by atoms with Crippen molar-refractivity contribution in [2.45, 2.75) is 44.6 Å². The van der Waals surface area contributed by atoms with Gasteiger partial charge in [-0.1, -0.05) is 0 Å². The molecule has 0 radical (unpaired) electrons. The lowest BCUT2D eigenvalue weighted by molar-refractivity contribution is -0.123. The molecule has 1 N–H and O–H groups in total. The van der Waals surface area contributed by atoms with Crippen LogP contribution in [-0.4, -0.2) is 30.0 Å². The Balaban J connectivity index is 1.32. The topological polar surface area (TPSA) is 58.4 Å². The number of hydrogen-bond donors (Lipinski definition) is 1. The lowest BCUT2D eigenvalue weighted by Crippen LogP contribution is -2.41. The summed E-state index contributed by atoms with van der Waals surface area (Å²) in [6.45, 7) is 1.63. The van der Waals surface area contributed by atoms with Crippen molar-refractivity contribution in [1.82, 2.24) is 10.3 Å². The summed E-state index contributed by atoms with van der Waals surface area (Å²) in [7, 11) is 0. The minimum atomic E-state index is -0.318. The number of nitrogens with zero attached hydrogens (tertiary/aromatic N) is 2. The third-order valence-electron chi connectivity index (χ3n) is 5.17. The van der Waals surface area contributed by atoms with E-state index in [9.17, 15) is 9.18 Å². The van der Waals surface area contributed by atoms with Gasteiger partial charge in [0.2, 0.25) is 5.91 Å². The molecule has 0 spiro atoms. The van der Waals surface area contributed by atoms with Crippen molar-refractivity contribution in [3.63, 3.8) is 0 Å². The molecule has 0 unspecified atom stereocenters. The van der Waals surface area contributed by atoms with Gasteiger partial charge >= 0.3 is 0 Å². The number of fused-ring (bicyclic) bond motifs is 1. The second-order valence-corrected chi connectivity index (χ2v) is 6.94. The van der Waals surface area contributed by atoms with E-state index in [2.05, 4.69) is 15.2 Å². The SMILES string of the molecule is O=C(CC1CCN(c2nc3ccc(F)cc3o2)CC1)NC1CCC1. The molecule has 5 nitrogen and oxygen atoms in total. The third kappa shape index (κ3) is 3.23. The number of rotatable bonds is 4. The molecule has 2 aliphatic rings. The zero-order valence-corrected chi connectivity index (χ0v) is 13.6. The van der Waals surface area contributed by atoms with Gasteiger partial charge < -0.3 is 14.6 Å². The first-order valence-electron chi connectivity index (χ1n) is 8.78. The van der Waals surface area contributed by atoms with E-state index in [1.165, 1.54) is 18.6 Å². The smallest absolute Gasteiger partial charge is 0.298 e. The van der Waals surface area contributed by atoms with Crippen molar-refractivity contribution in [3.8, 4) is 0 Å². The summed E-state index contributed by atoms with van der Waals surface area (Å²) in [4.78, 5) is 18.5. The summed E-state index contributed by atoms with van der Waals surface area (Å²) in [6.07, 6.45) is 6.00. The highest BCUT2D eigenvalue weighted by Gasteiger charge is 2.26. The van der Waals surface area contributed by atoms with Crippen LogP contribution >= 0.6 is 0 Å². The number of carbonyl (C=O) groups excluding carboxylic acids is 1. The van der Waals surface area contributed by atoms with Crippen molar-refractivity contribution in [1.29, 1.82) is 0 Å². The summed E-state index contributed by atoms with van der Waals surface area (Å²) >= 11 is 0. The summed E-state index contributed by atoms with van der Waals surface area (Å²) in [5.74, 6) is 0.292. The van der Waals surface area contributed by atoms with Crippen molar-refractivity contribution in [2.24, 2.45) is 5.92 Å². The summed E-state index contributed by atoms with van der Waals surface area (Å²) in [5, 5.41) is 3.11. The molecule has 1 aromatic heterocycles. The van der Waals surface area contributed by atoms with Crippen molar-refractivity contribution in [2.75, 3.05) is 18.0 Å². The van der Waals surface area contributed by atoms with Crippen LogP contribution in [0.2, 0.25) is 0 Å². The van der Waals surface area contributed by atoms with E-state index >= 15 is 0 Å². The van der Waals surface area contributed by atoms with Crippen LogP contribution in [0, 0.1) is 11.7 Å². The maximum atomic E-state index is 13.2. The van der Waals surface area contributed by atoms with Crippen LogP contribution in [0.4, 0.5) is 10.4 Å². The quantitative estimate of drug-likeness (QED) is 0.934. The molecular weight excluding hydrogens is 309 g/mol. The average molecular weight is 331 g/mol. The summed E-state index contributed by atoms with van der Waals surface area (Å²) in [5.41, 5.74) is 1.15. The van der Waals surface area contributed by atoms with E-state index in [1.54, 1.807) is 6.07 Å². The Kier molecular flexibility index (Phi) is 4.12. The third-order valence-corrected chi connectivity index (χ3v) is 5.17. The van der Waals surface area contributed by atoms with Crippen LogP contribution in [0.1, 0.15) is 38.5 Å². The highest BCUT2D eigenvalue weighted by atomic mass is 19.1. The van der Waals surface area contributed by atoms with Crippen molar-refractivity contribution < 1.29 is 13.6 Å². The van der Waals surface area contributed by atoms with E-state index in [1.807, 2.05) is 0 Å². The molecule has 2 aromatic rings. The molecule has 1 amide bonds. The molecule has 0 atom stereocenters. The standard InChI is InChI=1S/C18H22FN3O2/c19-13-4-5-15-16(11-13)24-18(21-15)22-8-6-12(7-9-22)10-17(23)20-14-2-1-3-14/h4-5,11-12,14H,1-3,6-10H2,(H,20,23). The molecule has 6 heteroatoms. The van der Waals surface area contributed by atoms with E-state index in [0.29, 0.717) is 35.5 Å². The van der Waals surface area contributed by atoms with E-state index in [0.717, 1.165) is 38.8 Å². The lowest BCUT2D eigenvalue weighted by Gasteiger charge is -2.31. The molecular formula is C18H22FN3O2. The first kappa shape index (κ1) is 15.4. The molecule has 1 aliphatic carbocycles. The zero-order chi connectivity index (χ0) is 16.5. The van der Waals surface area contributed by atoms with Gasteiger partial charge in [-0.2, -0.15) is 4.98 Å². The van der Waals surface area contributed by atoms with Crippen LogP contribution in [0.3, 0.4) is 0 Å². The molecule has 128 valence electrons. The molecule has 1 aliphatic heterocycles. The maximum Gasteiger partial charge on any atom is 0.298 e. The molecule has 1 saturated carbocycles. The predicted molar refractivity (Wildman–Crippen MR) is 89.3 cm³/mol. The molecule has 0 bridgehead atoms. The number of piperidine rings is 1. The van der Waals surface area contributed by atoms with Crippen molar-refractivity contribution >= 4 is 23.0 Å². The molecule has 1 saturated heterocycles. The summed E-state index contributed by atoms with van der Waals surface area (Å²) in [6, 6.07) is 5.35. The predicted octanol–water partition coefficient (Wildman–Crippen LogP) is 3.24. The average Bonchev–Trinajstić information content (AvgIpc) is 2.95. The fourth-order valence-corrected chi connectivity index (χ4v) is 3.45. The summed E-state index contributed by atoms with van der Waals surface area (Å²) < 4.78 is 18.9. The van der Waals surface area contributed by atoms with E-state index in [4.69, 9.17) is 4.42 Å². The molecule has 2 heterocycles. The van der Waals surface area contributed by atoms with Gasteiger partial charge in [0.05, 0.1) is 0 Å². The number of nitrogens with one attached hydrogen (secondary N) is 1. The Morgan fingerprint density at radius 3 is 2.79 bits per heavy atom. The Morgan fingerprint density at radius 2 is 2.08 bits per heavy atom. The van der Waals surface area contributed by atoms with Gasteiger partial charge in [-0.25, -0.2) is 4.39 Å². The number of carbonyl (C=O) groups is 1. The van der Waals surface area contributed by atoms with Gasteiger partial charge in [0.15, 0.2) is 5.58 Å². The molecule has 24 heavy (non-hydrogen) atoms. The van der Waals surface area contributed by atoms with Crippen LogP contribution in [0.25, 0.3) is 11.1 Å². The maximum absolute atomic E-state index is 13.2. The second kappa shape index (κ2) is 6.42. The fourth-order valence-electron chi connectivity index (χ4n) is 3.45. The van der Waals surface area contributed by atoms with Crippen LogP contribution in [0.5, 0.6) is 0 Å². The zero-order valence-electron chi connectivity index (χ0n) is 13.6. The number of aromatic nitrogens is 1. The number of oxazole rings is 1. The lowest BCUT2D eigenvalue weighted by atomic mass is 9.91. The number of anilines is 1. The second-order valence-electron chi connectivity index (χ2n) is 6.94. The monoisotopic (exact) mass is 331 g/mol. The Hall–Kier alpha value is -2.11. The van der Waals surface area contributed by atoms with Crippen LogP contribution < -0.4 is 10.2 Å². The van der Waals surface area contributed by atoms with Crippen molar-refractivity contribution in [3.05, 3.63) is 24.0 Å². The first-order chi connectivity index (χ1) is 11.7. The number of amides is 1. The van der Waals surface area contributed by atoms with Gasteiger partial charge in [0, 0.05) is 31.6 Å². The number of benzene rings is 1. The Labute approximate surface area is 140 Å². The highest BCUT2D eigenvalue weighted by molar-refractivity contribution is 5.76. The van der Waals surface area contributed by atoms with Gasteiger partial charge in [0.25, 0.3) is 6.01 Å². The van der Waals surface area contributed by atoms with Gasteiger partial charge in [-0.15, -0.1) is 0 Å².